The van der Waals surface area contributed by atoms with Crippen molar-refractivity contribution in [3.8, 4) is 0 Å². The van der Waals surface area contributed by atoms with Crippen molar-refractivity contribution in [2.75, 3.05) is 13.2 Å². The molecule has 1 saturated carbocycles. The van der Waals surface area contributed by atoms with Gasteiger partial charge >= 0.3 is 9.28 Å². The highest BCUT2D eigenvalue weighted by Crippen LogP contribution is 2.45. The lowest BCUT2D eigenvalue weighted by molar-refractivity contribution is -0.139. The Morgan fingerprint density at radius 3 is 1.92 bits per heavy atom. The van der Waals surface area contributed by atoms with Crippen molar-refractivity contribution in [1.82, 2.24) is 0 Å². The molecule has 0 heterocycles. The summed E-state index contributed by atoms with van der Waals surface area (Å²) < 4.78 is 18.2. The Labute approximate surface area is 158 Å². The molecule has 0 N–H and O–H groups in total. The lowest BCUT2D eigenvalue weighted by Gasteiger charge is -2.41. The molecule has 147 valence electrons. The summed E-state index contributed by atoms with van der Waals surface area (Å²) in [7, 11) is -3.77. The molecule has 1 aliphatic carbocycles. The molecule has 0 amide bonds. The van der Waals surface area contributed by atoms with Crippen LogP contribution < -0.4 is 0 Å². The Bertz CT molecular complexity index is 389. The molecule has 4 nitrogen and oxygen atoms in total. The molecule has 1 radical (unpaired) electrons. The molecule has 0 aromatic rings. The van der Waals surface area contributed by atoms with Crippen molar-refractivity contribution in [2.24, 2.45) is 0 Å². The largest absolute Gasteiger partial charge is 0.518 e. The Morgan fingerprint density at radius 2 is 1.52 bits per heavy atom. The van der Waals surface area contributed by atoms with E-state index in [0.717, 1.165) is 12.1 Å². The van der Waals surface area contributed by atoms with Gasteiger partial charge in [-0.25, -0.2) is 0 Å². The Balaban J connectivity index is 3.02. The highest BCUT2D eigenvalue weighted by Gasteiger charge is 2.51. The zero-order chi connectivity index (χ0) is 18.9. The molecule has 1 rings (SSSR count). The fourth-order valence-electron chi connectivity index (χ4n) is 3.98. The fraction of sp³-hybridized carbons (Fsp3) is 0.947. The van der Waals surface area contributed by atoms with Crippen LogP contribution >= 0.6 is 0 Å². The third-order valence-electron chi connectivity index (χ3n) is 6.00. The Morgan fingerprint density at radius 1 is 1.00 bits per heavy atom. The van der Waals surface area contributed by atoms with E-state index in [-0.39, 0.29) is 5.97 Å². The second kappa shape index (κ2) is 10.8. The van der Waals surface area contributed by atoms with E-state index in [1.54, 1.807) is 0 Å². The summed E-state index contributed by atoms with van der Waals surface area (Å²) in [4.78, 5) is 13.3. The van der Waals surface area contributed by atoms with Crippen LogP contribution in [0.4, 0.5) is 0 Å². The van der Waals surface area contributed by atoms with Gasteiger partial charge in [-0.3, -0.25) is 4.79 Å². The minimum Gasteiger partial charge on any atom is -0.518 e. The van der Waals surface area contributed by atoms with Crippen molar-refractivity contribution < 1.29 is 18.1 Å². The predicted molar refractivity (Wildman–Crippen MR) is 107 cm³/mol. The molecule has 0 spiro atoms. The first kappa shape index (κ1) is 22.9. The van der Waals surface area contributed by atoms with Gasteiger partial charge in [-0.2, -0.15) is 0 Å². The van der Waals surface area contributed by atoms with Crippen LogP contribution in [0, 0.1) is 0 Å². The molecule has 1 atom stereocenters. The molecular weight excluding hydrogens is 348 g/mol. The van der Waals surface area contributed by atoms with E-state index < -0.39 is 22.6 Å². The molecule has 0 aromatic carbocycles. The molecule has 25 heavy (non-hydrogen) atoms. The van der Waals surface area contributed by atoms with Gasteiger partial charge in [0.2, 0.25) is 0 Å². The zero-order valence-corrected chi connectivity index (χ0v) is 19.3. The monoisotopic (exact) mass is 387 g/mol. The maximum absolute atomic E-state index is 13.3. The Hall–Kier alpha value is -0.176. The fourth-order valence-corrected chi connectivity index (χ4v) is 9.99. The molecule has 1 unspecified atom stereocenters. The van der Waals surface area contributed by atoms with Gasteiger partial charge in [0, 0.05) is 13.2 Å². The zero-order valence-electron chi connectivity index (χ0n) is 17.3. The summed E-state index contributed by atoms with van der Waals surface area (Å²) in [6.45, 7) is 13.5. The van der Waals surface area contributed by atoms with E-state index in [1.165, 1.54) is 32.1 Å². The van der Waals surface area contributed by atoms with E-state index in [2.05, 4.69) is 13.8 Å². The van der Waals surface area contributed by atoms with E-state index in [4.69, 9.17) is 13.3 Å². The summed E-state index contributed by atoms with van der Waals surface area (Å²) in [5.74, 6) is -0.0632. The van der Waals surface area contributed by atoms with Crippen LogP contribution in [0.1, 0.15) is 80.1 Å². The first-order valence-corrected chi connectivity index (χ1v) is 14.0. The molecule has 6 heteroatoms. The highest BCUT2D eigenvalue weighted by atomic mass is 28.4. The van der Waals surface area contributed by atoms with Crippen LogP contribution in [0.3, 0.4) is 0 Å². The highest BCUT2D eigenvalue weighted by molar-refractivity contribution is 6.77. The van der Waals surface area contributed by atoms with Crippen LogP contribution in [-0.2, 0) is 18.1 Å². The smallest absolute Gasteiger partial charge is 0.402 e. The molecule has 1 fully saturated rings. The standard InChI is InChI=1S/C19H39O4Si2/c1-7-19(6,24(21-8-2)22-9-3)18(20)23-25(10-4,11-5)17-15-13-12-14-16-17/h17H,7-16H2,1-6H3. The lowest BCUT2D eigenvalue weighted by atomic mass is 10.0. The Kier molecular flexibility index (Phi) is 9.92. The van der Waals surface area contributed by atoms with Gasteiger partial charge in [-0.15, -0.1) is 0 Å². The van der Waals surface area contributed by atoms with Crippen LogP contribution in [0.2, 0.25) is 22.7 Å². The van der Waals surface area contributed by atoms with Gasteiger partial charge in [0.1, 0.15) is 5.04 Å². The summed E-state index contributed by atoms with van der Waals surface area (Å²) in [5.41, 5.74) is 0.621. The van der Waals surface area contributed by atoms with Crippen molar-refractivity contribution >= 4 is 23.6 Å². The third-order valence-corrected chi connectivity index (χ3v) is 13.6. The number of rotatable bonds is 11. The molecule has 0 aliphatic heterocycles. The molecule has 0 saturated heterocycles. The van der Waals surface area contributed by atoms with Gasteiger partial charge in [0.15, 0.2) is 0 Å². The third kappa shape index (κ3) is 5.40. The molecule has 1 aliphatic rings. The van der Waals surface area contributed by atoms with Crippen LogP contribution in [-0.4, -0.2) is 36.8 Å². The summed E-state index contributed by atoms with van der Waals surface area (Å²) >= 11 is 0. The SMILES string of the molecule is CCO[Si](OCC)C(C)(CC)C(=O)O[Si](CC)(CC)C1CCCCC1. The number of carbonyl (C=O) groups excluding carboxylic acids is 1. The number of hydrogen-bond donors (Lipinski definition) is 0. The number of hydrogen-bond acceptors (Lipinski definition) is 4. The first-order valence-electron chi connectivity index (χ1n) is 10.3. The summed E-state index contributed by atoms with van der Waals surface area (Å²) in [6.07, 6.45) is 7.07. The second-order valence-corrected chi connectivity index (χ2v) is 14.2. The topological polar surface area (TPSA) is 44.8 Å². The normalized spacial score (nSPS) is 19.0. The van der Waals surface area contributed by atoms with Gasteiger partial charge in [0.25, 0.3) is 14.3 Å². The van der Waals surface area contributed by atoms with Crippen molar-refractivity contribution in [2.45, 2.75) is 103 Å². The average molecular weight is 388 g/mol. The van der Waals surface area contributed by atoms with Crippen molar-refractivity contribution in [3.05, 3.63) is 0 Å². The van der Waals surface area contributed by atoms with E-state index in [1.807, 2.05) is 27.7 Å². The van der Waals surface area contributed by atoms with E-state index in [0.29, 0.717) is 25.2 Å². The first-order chi connectivity index (χ1) is 11.9. The van der Waals surface area contributed by atoms with Crippen LogP contribution in [0.5, 0.6) is 0 Å². The van der Waals surface area contributed by atoms with Gasteiger partial charge in [-0.1, -0.05) is 40.0 Å². The summed E-state index contributed by atoms with van der Waals surface area (Å²) in [6, 6.07) is 2.04. The van der Waals surface area contributed by atoms with Crippen molar-refractivity contribution in [1.29, 1.82) is 0 Å². The minimum absolute atomic E-state index is 0.0632. The number of carbonyl (C=O) groups is 1. The van der Waals surface area contributed by atoms with Crippen molar-refractivity contribution in [3.63, 3.8) is 0 Å². The molecular formula is C19H39O4Si2. The minimum atomic E-state index is -2.07. The average Bonchev–Trinajstić information content (AvgIpc) is 2.65. The van der Waals surface area contributed by atoms with Gasteiger partial charge < -0.3 is 13.3 Å². The second-order valence-electron chi connectivity index (χ2n) is 7.34. The molecule has 0 aromatic heterocycles. The van der Waals surface area contributed by atoms with Gasteiger partial charge in [-0.05, 0) is 57.7 Å². The van der Waals surface area contributed by atoms with Gasteiger partial charge in [0.05, 0.1) is 0 Å². The van der Waals surface area contributed by atoms with E-state index in [9.17, 15) is 4.79 Å². The van der Waals surface area contributed by atoms with E-state index >= 15 is 0 Å². The van der Waals surface area contributed by atoms with Crippen LogP contribution in [0.25, 0.3) is 0 Å². The predicted octanol–water partition coefficient (Wildman–Crippen LogP) is 5.58. The molecule has 0 bridgehead atoms. The van der Waals surface area contributed by atoms with Crippen LogP contribution in [0.15, 0.2) is 0 Å². The lowest BCUT2D eigenvalue weighted by Crippen LogP contribution is -2.50. The maximum Gasteiger partial charge on any atom is 0.402 e. The quantitative estimate of drug-likeness (QED) is 0.434. The summed E-state index contributed by atoms with van der Waals surface area (Å²) in [5, 5.41) is -0.645. The maximum atomic E-state index is 13.3.